The number of fused-ring (bicyclic) bond motifs is 1. The average molecular weight is 389 g/mol. The number of hydrogen-bond donors (Lipinski definition) is 1. The quantitative estimate of drug-likeness (QED) is 0.546. The summed E-state index contributed by atoms with van der Waals surface area (Å²) in [6.07, 6.45) is 2.87. The number of ether oxygens (including phenoxy) is 1. The lowest BCUT2D eigenvalue weighted by atomic mass is 10.1. The van der Waals surface area contributed by atoms with Crippen LogP contribution in [0.5, 0.6) is 5.75 Å². The normalized spacial score (nSPS) is 10.8. The lowest BCUT2D eigenvalue weighted by Crippen LogP contribution is -2.34. The molecule has 0 aliphatic heterocycles. The van der Waals surface area contributed by atoms with Crippen molar-refractivity contribution in [2.75, 3.05) is 12.0 Å². The van der Waals surface area contributed by atoms with E-state index in [1.165, 1.54) is 12.5 Å². The van der Waals surface area contributed by atoms with E-state index < -0.39 is 5.56 Å². The van der Waals surface area contributed by atoms with Gasteiger partial charge in [-0.15, -0.1) is 0 Å². The molecule has 1 amide bonds. The third kappa shape index (κ3) is 3.86. The van der Waals surface area contributed by atoms with Crippen LogP contribution in [0.3, 0.4) is 0 Å². The first-order valence-corrected chi connectivity index (χ1v) is 9.18. The van der Waals surface area contributed by atoms with Crippen LogP contribution >= 0.6 is 0 Å². The van der Waals surface area contributed by atoms with E-state index >= 15 is 0 Å². The van der Waals surface area contributed by atoms with Crippen molar-refractivity contribution >= 4 is 16.9 Å². The maximum Gasteiger partial charge on any atom is 0.283 e. The first kappa shape index (κ1) is 18.4. The summed E-state index contributed by atoms with van der Waals surface area (Å²) in [5, 5.41) is 4.57. The molecule has 4 aromatic rings. The molecule has 0 fully saturated rings. The van der Waals surface area contributed by atoms with Crippen LogP contribution in [0.25, 0.3) is 16.7 Å². The number of para-hydroxylation sites is 1. The molecule has 0 radical (unpaired) electrons. The number of carbonyl (C=O) groups excluding carboxylic acids is 1. The molecular formula is C21H19N5O3. The van der Waals surface area contributed by atoms with Crippen molar-refractivity contribution in [2.45, 2.75) is 13.3 Å². The van der Waals surface area contributed by atoms with Gasteiger partial charge in [0.1, 0.15) is 17.5 Å². The Morgan fingerprint density at radius 2 is 1.86 bits per heavy atom. The first-order valence-electron chi connectivity index (χ1n) is 9.18. The number of rotatable bonds is 6. The highest BCUT2D eigenvalue weighted by molar-refractivity contribution is 5.86. The molecule has 0 saturated carbocycles. The molecule has 0 spiro atoms. The van der Waals surface area contributed by atoms with E-state index in [4.69, 9.17) is 4.74 Å². The topological polar surface area (TPSA) is 91.0 Å². The summed E-state index contributed by atoms with van der Waals surface area (Å²) in [4.78, 5) is 29.4. The maximum absolute atomic E-state index is 12.7. The van der Waals surface area contributed by atoms with Crippen LogP contribution in [0.2, 0.25) is 0 Å². The Morgan fingerprint density at radius 1 is 1.10 bits per heavy atom. The molecule has 0 atom stereocenters. The summed E-state index contributed by atoms with van der Waals surface area (Å²) in [6, 6.07) is 16.7. The van der Waals surface area contributed by atoms with E-state index in [1.807, 2.05) is 61.5 Å². The molecule has 0 aliphatic carbocycles. The summed E-state index contributed by atoms with van der Waals surface area (Å²) in [6.45, 7) is 2.49. The largest absolute Gasteiger partial charge is 0.494 e. The van der Waals surface area contributed by atoms with E-state index in [1.54, 1.807) is 4.68 Å². The van der Waals surface area contributed by atoms with Gasteiger partial charge < -0.3 is 4.74 Å². The molecule has 0 unspecified atom stereocenters. The van der Waals surface area contributed by atoms with Crippen molar-refractivity contribution in [3.05, 3.63) is 83.0 Å². The Kier molecular flexibility index (Phi) is 5.07. The van der Waals surface area contributed by atoms with Crippen molar-refractivity contribution in [2.24, 2.45) is 0 Å². The number of benzene rings is 2. The standard InChI is InChI=1S/C21H19N5O3/c1-2-29-17-10-8-15(9-11-17)12-19(27)24-25-14-22-20-18(21(25)28)13-23-26(20)16-6-4-3-5-7-16/h3-11,13-14H,2,12H2,1H3,(H,24,27). The lowest BCUT2D eigenvalue weighted by molar-refractivity contribution is -0.116. The van der Waals surface area contributed by atoms with Crippen molar-refractivity contribution in [3.63, 3.8) is 0 Å². The van der Waals surface area contributed by atoms with Crippen LogP contribution in [-0.2, 0) is 11.2 Å². The number of carbonyl (C=O) groups is 1. The monoisotopic (exact) mass is 389 g/mol. The van der Waals surface area contributed by atoms with Gasteiger partial charge in [-0.2, -0.15) is 5.10 Å². The zero-order valence-corrected chi connectivity index (χ0v) is 15.8. The summed E-state index contributed by atoms with van der Waals surface area (Å²) in [7, 11) is 0. The fourth-order valence-corrected chi connectivity index (χ4v) is 2.98. The fourth-order valence-electron chi connectivity index (χ4n) is 2.98. The number of hydrogen-bond acceptors (Lipinski definition) is 5. The van der Waals surface area contributed by atoms with Crippen molar-refractivity contribution in [1.29, 1.82) is 0 Å². The highest BCUT2D eigenvalue weighted by Crippen LogP contribution is 2.14. The lowest BCUT2D eigenvalue weighted by Gasteiger charge is -2.09. The van der Waals surface area contributed by atoms with Gasteiger partial charge in [0, 0.05) is 0 Å². The van der Waals surface area contributed by atoms with Gasteiger partial charge in [-0.25, -0.2) is 14.3 Å². The van der Waals surface area contributed by atoms with Crippen LogP contribution in [0.1, 0.15) is 12.5 Å². The SMILES string of the molecule is CCOc1ccc(CC(=O)Nn2cnc3c(cnn3-c3ccccc3)c2=O)cc1. The Morgan fingerprint density at radius 3 is 2.59 bits per heavy atom. The molecule has 29 heavy (non-hydrogen) atoms. The Hall–Kier alpha value is -3.94. The second kappa shape index (κ2) is 7.97. The Labute approximate surface area is 166 Å². The summed E-state index contributed by atoms with van der Waals surface area (Å²) < 4.78 is 8.06. The molecule has 2 aromatic carbocycles. The summed E-state index contributed by atoms with van der Waals surface area (Å²) in [5.74, 6) is 0.422. The zero-order valence-electron chi connectivity index (χ0n) is 15.8. The Bertz CT molecular complexity index is 1200. The van der Waals surface area contributed by atoms with Crippen LogP contribution in [-0.4, -0.2) is 32.0 Å². The molecule has 0 bridgehead atoms. The van der Waals surface area contributed by atoms with Crippen molar-refractivity contribution in [1.82, 2.24) is 19.4 Å². The molecule has 1 N–H and O–H groups in total. The van der Waals surface area contributed by atoms with Gasteiger partial charge in [0.05, 0.1) is 24.9 Å². The molecule has 4 rings (SSSR count). The molecule has 8 nitrogen and oxygen atoms in total. The fraction of sp³-hybridized carbons (Fsp3) is 0.143. The molecule has 146 valence electrons. The number of nitrogens with one attached hydrogen (secondary N) is 1. The van der Waals surface area contributed by atoms with Crippen LogP contribution in [0, 0.1) is 0 Å². The van der Waals surface area contributed by atoms with E-state index in [0.29, 0.717) is 17.6 Å². The van der Waals surface area contributed by atoms with Gasteiger partial charge in [-0.05, 0) is 36.8 Å². The van der Waals surface area contributed by atoms with Gasteiger partial charge >= 0.3 is 0 Å². The maximum atomic E-state index is 12.7. The van der Waals surface area contributed by atoms with E-state index in [0.717, 1.165) is 21.7 Å². The highest BCUT2D eigenvalue weighted by Gasteiger charge is 2.13. The van der Waals surface area contributed by atoms with Crippen LogP contribution in [0.4, 0.5) is 0 Å². The number of amides is 1. The second-order valence-electron chi connectivity index (χ2n) is 6.34. The molecular weight excluding hydrogens is 370 g/mol. The first-order chi connectivity index (χ1) is 14.2. The van der Waals surface area contributed by atoms with E-state index in [-0.39, 0.29) is 12.3 Å². The van der Waals surface area contributed by atoms with Crippen molar-refractivity contribution < 1.29 is 9.53 Å². The minimum Gasteiger partial charge on any atom is -0.494 e. The van der Waals surface area contributed by atoms with Crippen LogP contribution in [0.15, 0.2) is 71.9 Å². The van der Waals surface area contributed by atoms with Gasteiger partial charge in [0.2, 0.25) is 5.91 Å². The molecule has 2 heterocycles. The molecule has 8 heteroatoms. The molecule has 2 aromatic heterocycles. The van der Waals surface area contributed by atoms with Gasteiger partial charge in [0.25, 0.3) is 5.56 Å². The predicted octanol–water partition coefficient (Wildman–Crippen LogP) is 2.29. The number of nitrogens with zero attached hydrogens (tertiary/aromatic N) is 4. The average Bonchev–Trinajstić information content (AvgIpc) is 3.17. The Balaban J connectivity index is 1.53. The smallest absolute Gasteiger partial charge is 0.283 e. The second-order valence-corrected chi connectivity index (χ2v) is 6.34. The predicted molar refractivity (Wildman–Crippen MR) is 109 cm³/mol. The summed E-state index contributed by atoms with van der Waals surface area (Å²) >= 11 is 0. The summed E-state index contributed by atoms with van der Waals surface area (Å²) in [5.41, 5.74) is 4.22. The minimum atomic E-state index is -0.391. The van der Waals surface area contributed by atoms with Gasteiger partial charge in [-0.3, -0.25) is 15.0 Å². The third-order valence-corrected chi connectivity index (χ3v) is 4.33. The molecule has 0 saturated heterocycles. The van der Waals surface area contributed by atoms with Gasteiger partial charge in [0.15, 0.2) is 5.65 Å². The zero-order chi connectivity index (χ0) is 20.2. The van der Waals surface area contributed by atoms with Gasteiger partial charge in [-0.1, -0.05) is 30.3 Å². The minimum absolute atomic E-state index is 0.125. The van der Waals surface area contributed by atoms with E-state index in [9.17, 15) is 9.59 Å². The molecule has 0 aliphatic rings. The van der Waals surface area contributed by atoms with E-state index in [2.05, 4.69) is 15.5 Å². The van der Waals surface area contributed by atoms with Crippen molar-refractivity contribution in [3.8, 4) is 11.4 Å². The van der Waals surface area contributed by atoms with Crippen LogP contribution < -0.4 is 15.7 Å². The number of aromatic nitrogens is 4. The third-order valence-electron chi connectivity index (χ3n) is 4.33. The highest BCUT2D eigenvalue weighted by atomic mass is 16.5.